The van der Waals surface area contributed by atoms with Crippen molar-refractivity contribution in [2.45, 2.75) is 63.3 Å². The molecule has 0 aromatic rings. The van der Waals surface area contributed by atoms with Crippen molar-refractivity contribution in [2.75, 3.05) is 0 Å². The molecule has 0 saturated heterocycles. The first-order valence-corrected chi connectivity index (χ1v) is 7.54. The van der Waals surface area contributed by atoms with E-state index in [4.69, 9.17) is 9.29 Å². The normalized spacial score (nSPS) is 25.6. The van der Waals surface area contributed by atoms with Gasteiger partial charge in [-0.2, -0.15) is 8.42 Å². The number of amides is 1. The van der Waals surface area contributed by atoms with Crippen LogP contribution in [0.2, 0.25) is 0 Å². The fourth-order valence-electron chi connectivity index (χ4n) is 2.02. The van der Waals surface area contributed by atoms with E-state index in [9.17, 15) is 13.2 Å². The first-order chi connectivity index (χ1) is 8.08. The van der Waals surface area contributed by atoms with Gasteiger partial charge in [0.2, 0.25) is 0 Å². The fraction of sp³-hybridized carbons (Fsp3) is 0.909. The summed E-state index contributed by atoms with van der Waals surface area (Å²) in [4.78, 5) is 11.5. The quantitative estimate of drug-likeness (QED) is 0.751. The van der Waals surface area contributed by atoms with Gasteiger partial charge in [0.1, 0.15) is 5.60 Å². The van der Waals surface area contributed by atoms with Gasteiger partial charge in [-0.05, 0) is 40.0 Å². The summed E-state index contributed by atoms with van der Waals surface area (Å²) in [6, 6.07) is -0.263. The summed E-state index contributed by atoms with van der Waals surface area (Å²) in [5, 5.41) is 1.85. The zero-order valence-corrected chi connectivity index (χ0v) is 11.8. The van der Waals surface area contributed by atoms with Crippen molar-refractivity contribution in [3.63, 3.8) is 0 Å². The lowest BCUT2D eigenvalue weighted by atomic mass is 9.95. The number of hydrogen-bond acceptors (Lipinski definition) is 4. The molecule has 18 heavy (non-hydrogen) atoms. The fourth-order valence-corrected chi connectivity index (χ4v) is 2.96. The molecule has 1 fully saturated rings. The number of carbonyl (C=O) groups is 1. The van der Waals surface area contributed by atoms with Crippen molar-refractivity contribution in [1.82, 2.24) is 5.32 Å². The smallest absolute Gasteiger partial charge is 0.407 e. The molecule has 0 bridgehead atoms. The van der Waals surface area contributed by atoms with E-state index < -0.39 is 27.1 Å². The van der Waals surface area contributed by atoms with Crippen LogP contribution in [0.1, 0.15) is 46.5 Å². The average Bonchev–Trinajstić information content (AvgIpc) is 2.13. The monoisotopic (exact) mass is 279 g/mol. The first-order valence-electron chi connectivity index (χ1n) is 6.04. The Labute approximate surface area is 108 Å². The Hall–Kier alpha value is -0.820. The van der Waals surface area contributed by atoms with E-state index in [2.05, 4.69) is 5.32 Å². The molecule has 6 nitrogen and oxygen atoms in total. The molecule has 0 spiro atoms. The summed E-state index contributed by atoms with van der Waals surface area (Å²) in [5.74, 6) is 0. The van der Waals surface area contributed by atoms with Gasteiger partial charge in [0.05, 0.1) is 5.25 Å². The maximum absolute atomic E-state index is 11.5. The third kappa shape index (κ3) is 5.22. The summed E-state index contributed by atoms with van der Waals surface area (Å²) in [6.07, 6.45) is 1.48. The standard InChI is InChI=1S/C11H21NO5S/c1-11(2,3)17-10(13)12-8-5-4-6-9(7-8)18(14,15)16/h8-9H,4-7H2,1-3H3,(H,12,13)(H,14,15,16). The second kappa shape index (κ2) is 5.44. The van der Waals surface area contributed by atoms with Crippen LogP contribution in [0.5, 0.6) is 0 Å². The molecule has 2 N–H and O–H groups in total. The number of hydrogen-bond donors (Lipinski definition) is 2. The van der Waals surface area contributed by atoms with Gasteiger partial charge in [-0.15, -0.1) is 0 Å². The number of rotatable bonds is 2. The second-order valence-corrected chi connectivity index (χ2v) is 7.34. The Kier molecular flexibility index (Phi) is 4.61. The lowest BCUT2D eigenvalue weighted by Crippen LogP contribution is -2.43. The Morgan fingerprint density at radius 2 is 1.94 bits per heavy atom. The van der Waals surface area contributed by atoms with Gasteiger partial charge >= 0.3 is 6.09 Å². The van der Waals surface area contributed by atoms with Gasteiger partial charge < -0.3 is 10.1 Å². The van der Waals surface area contributed by atoms with E-state index in [0.29, 0.717) is 19.3 Å². The number of nitrogens with one attached hydrogen (secondary N) is 1. The molecule has 0 aromatic carbocycles. The Morgan fingerprint density at radius 3 is 2.44 bits per heavy atom. The molecule has 1 aliphatic carbocycles. The molecule has 0 aliphatic heterocycles. The molecule has 0 radical (unpaired) electrons. The van der Waals surface area contributed by atoms with Crippen LogP contribution in [0.3, 0.4) is 0 Å². The van der Waals surface area contributed by atoms with E-state index in [-0.39, 0.29) is 12.5 Å². The highest BCUT2D eigenvalue weighted by atomic mass is 32.2. The lowest BCUT2D eigenvalue weighted by Gasteiger charge is -2.29. The van der Waals surface area contributed by atoms with E-state index in [1.54, 1.807) is 20.8 Å². The van der Waals surface area contributed by atoms with Crippen molar-refractivity contribution < 1.29 is 22.5 Å². The third-order valence-corrected chi connectivity index (χ3v) is 4.04. The van der Waals surface area contributed by atoms with E-state index in [1.807, 2.05) is 0 Å². The maximum Gasteiger partial charge on any atom is 0.407 e. The van der Waals surface area contributed by atoms with E-state index in [1.165, 1.54) is 0 Å². The molecule has 1 aliphatic rings. The number of carbonyl (C=O) groups excluding carboxylic acids is 1. The van der Waals surface area contributed by atoms with Gasteiger partial charge in [0, 0.05) is 6.04 Å². The Balaban J connectivity index is 2.51. The van der Waals surface area contributed by atoms with Crippen LogP contribution in [0.25, 0.3) is 0 Å². The van der Waals surface area contributed by atoms with E-state index >= 15 is 0 Å². The molecular formula is C11H21NO5S. The van der Waals surface area contributed by atoms with E-state index in [0.717, 1.165) is 0 Å². The molecule has 2 unspecified atom stereocenters. The highest BCUT2D eigenvalue weighted by molar-refractivity contribution is 7.86. The molecule has 106 valence electrons. The van der Waals surface area contributed by atoms with Gasteiger partial charge in [0.15, 0.2) is 0 Å². The minimum atomic E-state index is -4.02. The molecule has 1 saturated carbocycles. The van der Waals surface area contributed by atoms with Crippen molar-refractivity contribution in [2.24, 2.45) is 0 Å². The molecular weight excluding hydrogens is 258 g/mol. The van der Waals surface area contributed by atoms with Crippen LogP contribution in [0, 0.1) is 0 Å². The van der Waals surface area contributed by atoms with Crippen molar-refractivity contribution >= 4 is 16.2 Å². The van der Waals surface area contributed by atoms with Gasteiger partial charge in [-0.3, -0.25) is 4.55 Å². The summed E-state index contributed by atoms with van der Waals surface area (Å²) >= 11 is 0. The van der Waals surface area contributed by atoms with Crippen molar-refractivity contribution in [3.8, 4) is 0 Å². The lowest BCUT2D eigenvalue weighted by molar-refractivity contribution is 0.0493. The van der Waals surface area contributed by atoms with Gasteiger partial charge in [-0.25, -0.2) is 4.79 Å². The third-order valence-electron chi connectivity index (χ3n) is 2.77. The zero-order valence-electron chi connectivity index (χ0n) is 11.0. The largest absolute Gasteiger partial charge is 0.444 e. The minimum absolute atomic E-state index is 0.234. The zero-order chi connectivity index (χ0) is 14.0. The number of ether oxygens (including phenoxy) is 1. The molecule has 1 rings (SSSR count). The molecule has 0 aromatic heterocycles. The molecule has 1 amide bonds. The van der Waals surface area contributed by atoms with Gasteiger partial charge in [-0.1, -0.05) is 6.42 Å². The minimum Gasteiger partial charge on any atom is -0.444 e. The van der Waals surface area contributed by atoms with Crippen LogP contribution < -0.4 is 5.32 Å². The van der Waals surface area contributed by atoms with Crippen LogP contribution >= 0.6 is 0 Å². The summed E-state index contributed by atoms with van der Waals surface area (Å²) in [6.45, 7) is 5.28. The molecule has 2 atom stereocenters. The van der Waals surface area contributed by atoms with Crippen LogP contribution in [-0.4, -0.2) is 36.0 Å². The predicted octanol–water partition coefficient (Wildman–Crippen LogP) is 1.71. The summed E-state index contributed by atoms with van der Waals surface area (Å²) < 4.78 is 36.2. The highest BCUT2D eigenvalue weighted by Gasteiger charge is 2.31. The topological polar surface area (TPSA) is 92.7 Å². The summed E-state index contributed by atoms with van der Waals surface area (Å²) in [5.41, 5.74) is -0.582. The van der Waals surface area contributed by atoms with Crippen LogP contribution in [-0.2, 0) is 14.9 Å². The summed E-state index contributed by atoms with van der Waals surface area (Å²) in [7, 11) is -4.02. The molecule has 0 heterocycles. The average molecular weight is 279 g/mol. The van der Waals surface area contributed by atoms with Crippen LogP contribution in [0.15, 0.2) is 0 Å². The van der Waals surface area contributed by atoms with Crippen molar-refractivity contribution in [3.05, 3.63) is 0 Å². The highest BCUT2D eigenvalue weighted by Crippen LogP contribution is 2.24. The SMILES string of the molecule is CC(C)(C)OC(=O)NC1CCCC(S(=O)(=O)O)C1. The maximum atomic E-state index is 11.5. The Morgan fingerprint density at radius 1 is 1.33 bits per heavy atom. The first kappa shape index (κ1) is 15.2. The molecule has 7 heteroatoms. The van der Waals surface area contributed by atoms with Crippen LogP contribution in [0.4, 0.5) is 4.79 Å². The Bertz CT molecular complexity index is 398. The van der Waals surface area contributed by atoms with Gasteiger partial charge in [0.25, 0.3) is 10.1 Å². The number of alkyl carbamates (subject to hydrolysis) is 1. The predicted molar refractivity (Wildman–Crippen MR) is 67.0 cm³/mol. The second-order valence-electron chi connectivity index (χ2n) is 5.65. The van der Waals surface area contributed by atoms with Crippen molar-refractivity contribution in [1.29, 1.82) is 0 Å².